The number of benzene rings is 2. The summed E-state index contributed by atoms with van der Waals surface area (Å²) in [5, 5.41) is 13.1. The van der Waals surface area contributed by atoms with Crippen LogP contribution in [0, 0.1) is 0 Å². The third kappa shape index (κ3) is 5.09. The van der Waals surface area contributed by atoms with Crippen molar-refractivity contribution in [3.63, 3.8) is 0 Å². The van der Waals surface area contributed by atoms with Crippen LogP contribution in [0.5, 0.6) is 0 Å². The SMILES string of the molecule is O=C(Nc1cccc(-n2cnnc2)c1)C(=O)NC1CCN(Cc2ccccc2)CC1. The molecule has 0 saturated carbocycles. The second kappa shape index (κ2) is 9.32. The van der Waals surface area contributed by atoms with Crippen LogP contribution < -0.4 is 10.6 Å². The smallest absolute Gasteiger partial charge is 0.313 e. The van der Waals surface area contributed by atoms with Gasteiger partial charge in [-0.15, -0.1) is 10.2 Å². The van der Waals surface area contributed by atoms with Crippen LogP contribution in [0.15, 0.2) is 67.3 Å². The molecule has 2 N–H and O–H groups in total. The number of anilines is 1. The van der Waals surface area contributed by atoms with Crippen molar-refractivity contribution in [1.29, 1.82) is 0 Å². The molecule has 8 nitrogen and oxygen atoms in total. The van der Waals surface area contributed by atoms with E-state index in [0.717, 1.165) is 38.2 Å². The Morgan fingerprint density at radius 3 is 2.40 bits per heavy atom. The number of carbonyl (C=O) groups excluding carboxylic acids is 2. The summed E-state index contributed by atoms with van der Waals surface area (Å²) < 4.78 is 1.72. The minimum Gasteiger partial charge on any atom is -0.345 e. The van der Waals surface area contributed by atoms with Crippen molar-refractivity contribution in [2.45, 2.75) is 25.4 Å². The Morgan fingerprint density at radius 1 is 0.933 bits per heavy atom. The Hall–Kier alpha value is -3.52. The van der Waals surface area contributed by atoms with Gasteiger partial charge >= 0.3 is 11.8 Å². The van der Waals surface area contributed by atoms with Crippen molar-refractivity contribution in [2.75, 3.05) is 18.4 Å². The molecule has 154 valence electrons. The van der Waals surface area contributed by atoms with Crippen LogP contribution >= 0.6 is 0 Å². The van der Waals surface area contributed by atoms with E-state index in [-0.39, 0.29) is 6.04 Å². The molecule has 2 amide bonds. The average molecular weight is 404 g/mol. The number of nitrogens with one attached hydrogen (secondary N) is 2. The molecule has 0 bridgehead atoms. The molecule has 1 saturated heterocycles. The number of likely N-dealkylation sites (tertiary alicyclic amines) is 1. The molecule has 0 unspecified atom stereocenters. The van der Waals surface area contributed by atoms with Crippen molar-refractivity contribution in [3.05, 3.63) is 72.8 Å². The lowest BCUT2D eigenvalue weighted by atomic mass is 10.0. The number of carbonyl (C=O) groups is 2. The van der Waals surface area contributed by atoms with E-state index in [4.69, 9.17) is 0 Å². The molecule has 2 heterocycles. The third-order valence-corrected chi connectivity index (χ3v) is 5.20. The molecule has 1 aliphatic heterocycles. The Kier molecular flexibility index (Phi) is 6.14. The maximum absolute atomic E-state index is 12.3. The highest BCUT2D eigenvalue weighted by molar-refractivity contribution is 6.39. The molecular formula is C22H24N6O2. The Bertz CT molecular complexity index is 982. The van der Waals surface area contributed by atoms with Crippen LogP contribution in [0.25, 0.3) is 5.69 Å². The molecule has 1 aliphatic rings. The zero-order chi connectivity index (χ0) is 20.8. The quantitative estimate of drug-likeness (QED) is 0.635. The van der Waals surface area contributed by atoms with Gasteiger partial charge in [-0.25, -0.2) is 0 Å². The lowest BCUT2D eigenvalue weighted by molar-refractivity contribution is -0.136. The Labute approximate surface area is 174 Å². The highest BCUT2D eigenvalue weighted by Crippen LogP contribution is 2.15. The summed E-state index contributed by atoms with van der Waals surface area (Å²) >= 11 is 0. The van der Waals surface area contributed by atoms with E-state index in [1.807, 2.05) is 24.3 Å². The first kappa shape index (κ1) is 19.8. The summed E-state index contributed by atoms with van der Waals surface area (Å²) in [4.78, 5) is 27.0. The highest BCUT2D eigenvalue weighted by atomic mass is 16.2. The van der Waals surface area contributed by atoms with Gasteiger partial charge in [-0.2, -0.15) is 0 Å². The lowest BCUT2D eigenvalue weighted by Gasteiger charge is -2.32. The number of amides is 2. The summed E-state index contributed by atoms with van der Waals surface area (Å²) in [6, 6.07) is 17.5. The van der Waals surface area contributed by atoms with Crippen LogP contribution in [0.2, 0.25) is 0 Å². The van der Waals surface area contributed by atoms with Gasteiger partial charge in [0.15, 0.2) is 0 Å². The van der Waals surface area contributed by atoms with E-state index >= 15 is 0 Å². The van der Waals surface area contributed by atoms with Gasteiger partial charge in [0.2, 0.25) is 0 Å². The van der Waals surface area contributed by atoms with E-state index in [0.29, 0.717) is 5.69 Å². The van der Waals surface area contributed by atoms with E-state index in [2.05, 4.69) is 37.9 Å². The molecule has 0 spiro atoms. The highest BCUT2D eigenvalue weighted by Gasteiger charge is 2.23. The van der Waals surface area contributed by atoms with E-state index in [9.17, 15) is 9.59 Å². The number of piperidine rings is 1. The number of rotatable bonds is 5. The molecule has 0 radical (unpaired) electrons. The van der Waals surface area contributed by atoms with Crippen molar-refractivity contribution < 1.29 is 9.59 Å². The zero-order valence-corrected chi connectivity index (χ0v) is 16.6. The van der Waals surface area contributed by atoms with Gasteiger partial charge in [0.1, 0.15) is 12.7 Å². The monoisotopic (exact) mass is 404 g/mol. The summed E-state index contributed by atoms with van der Waals surface area (Å²) in [5.74, 6) is -1.27. The fourth-order valence-corrected chi connectivity index (χ4v) is 3.59. The van der Waals surface area contributed by atoms with Crippen LogP contribution in [0.1, 0.15) is 18.4 Å². The van der Waals surface area contributed by atoms with E-state index in [1.165, 1.54) is 5.56 Å². The fourth-order valence-electron chi connectivity index (χ4n) is 3.59. The van der Waals surface area contributed by atoms with Gasteiger partial charge < -0.3 is 10.6 Å². The third-order valence-electron chi connectivity index (χ3n) is 5.20. The first-order valence-electron chi connectivity index (χ1n) is 10.0. The van der Waals surface area contributed by atoms with Gasteiger partial charge in [-0.05, 0) is 36.6 Å². The predicted octanol–water partition coefficient (Wildman–Crippen LogP) is 1.99. The average Bonchev–Trinajstić information content (AvgIpc) is 3.31. The topological polar surface area (TPSA) is 92.1 Å². The zero-order valence-electron chi connectivity index (χ0n) is 16.6. The number of hydrogen-bond acceptors (Lipinski definition) is 5. The first-order chi connectivity index (χ1) is 14.7. The molecular weight excluding hydrogens is 380 g/mol. The van der Waals surface area contributed by atoms with E-state index < -0.39 is 11.8 Å². The number of nitrogens with zero attached hydrogens (tertiary/aromatic N) is 4. The van der Waals surface area contributed by atoms with Gasteiger partial charge in [0.25, 0.3) is 0 Å². The fraction of sp³-hybridized carbons (Fsp3) is 0.273. The molecule has 0 aliphatic carbocycles. The van der Waals surface area contributed by atoms with Gasteiger partial charge in [0, 0.05) is 31.4 Å². The molecule has 8 heteroatoms. The molecule has 0 atom stereocenters. The first-order valence-corrected chi connectivity index (χ1v) is 10.0. The lowest BCUT2D eigenvalue weighted by Crippen LogP contribution is -2.47. The maximum atomic E-state index is 12.3. The second-order valence-corrected chi connectivity index (χ2v) is 7.38. The number of aromatic nitrogens is 3. The summed E-state index contributed by atoms with van der Waals surface area (Å²) in [5.41, 5.74) is 2.62. The van der Waals surface area contributed by atoms with Crippen molar-refractivity contribution >= 4 is 17.5 Å². The van der Waals surface area contributed by atoms with Crippen LogP contribution in [0.3, 0.4) is 0 Å². The largest absolute Gasteiger partial charge is 0.345 e. The standard InChI is InChI=1S/C22H24N6O2/c29-21(22(30)26-19-7-4-8-20(13-19)28-15-23-24-16-28)25-18-9-11-27(12-10-18)14-17-5-2-1-3-6-17/h1-8,13,15-16,18H,9-12,14H2,(H,25,29)(H,26,30). The Morgan fingerprint density at radius 2 is 1.67 bits per heavy atom. The second-order valence-electron chi connectivity index (χ2n) is 7.38. The van der Waals surface area contributed by atoms with Gasteiger partial charge in [-0.1, -0.05) is 36.4 Å². The van der Waals surface area contributed by atoms with Gasteiger partial charge in [-0.3, -0.25) is 19.1 Å². The minimum absolute atomic E-state index is 0.0126. The van der Waals surface area contributed by atoms with Gasteiger partial charge in [0.05, 0.1) is 5.69 Å². The number of hydrogen-bond donors (Lipinski definition) is 2. The molecule has 1 fully saturated rings. The summed E-state index contributed by atoms with van der Waals surface area (Å²) in [7, 11) is 0. The summed E-state index contributed by atoms with van der Waals surface area (Å²) in [6.07, 6.45) is 4.79. The van der Waals surface area contributed by atoms with Crippen LogP contribution in [-0.2, 0) is 16.1 Å². The maximum Gasteiger partial charge on any atom is 0.313 e. The summed E-state index contributed by atoms with van der Waals surface area (Å²) in [6.45, 7) is 2.69. The minimum atomic E-state index is -0.664. The molecule has 2 aromatic carbocycles. The van der Waals surface area contributed by atoms with Crippen LogP contribution in [0.4, 0.5) is 5.69 Å². The normalized spacial score (nSPS) is 14.9. The van der Waals surface area contributed by atoms with Crippen molar-refractivity contribution in [2.24, 2.45) is 0 Å². The predicted molar refractivity (Wildman–Crippen MR) is 113 cm³/mol. The van der Waals surface area contributed by atoms with Crippen LogP contribution in [-0.4, -0.2) is 50.6 Å². The molecule has 3 aromatic rings. The van der Waals surface area contributed by atoms with E-state index in [1.54, 1.807) is 35.4 Å². The molecule has 30 heavy (non-hydrogen) atoms. The molecule has 1 aromatic heterocycles. The van der Waals surface area contributed by atoms with Crippen molar-refractivity contribution in [1.82, 2.24) is 25.0 Å². The Balaban J connectivity index is 1.25. The molecule has 4 rings (SSSR count). The van der Waals surface area contributed by atoms with Crippen molar-refractivity contribution in [3.8, 4) is 5.69 Å².